The Bertz CT molecular complexity index is 1430. The molecule has 9 nitrogen and oxygen atoms in total. The van der Waals surface area contributed by atoms with Crippen LogP contribution in [0.5, 0.6) is 0 Å². The Morgan fingerprint density at radius 2 is 1.91 bits per heavy atom. The lowest BCUT2D eigenvalue weighted by atomic mass is 9.92. The molecule has 0 aliphatic carbocycles. The smallest absolute Gasteiger partial charge is 0.278 e. The molecule has 0 fully saturated rings. The van der Waals surface area contributed by atoms with Crippen LogP contribution in [0.2, 0.25) is 0 Å². The molecule has 0 spiro atoms. The summed E-state index contributed by atoms with van der Waals surface area (Å²) in [6.07, 6.45) is 4.13. The number of hydrogen-bond acceptors (Lipinski definition) is 7. The Morgan fingerprint density at radius 3 is 2.68 bits per heavy atom. The van der Waals surface area contributed by atoms with E-state index >= 15 is 0 Å². The normalized spacial score (nSPS) is 13.9. The van der Waals surface area contributed by atoms with E-state index in [9.17, 15) is 4.79 Å². The highest BCUT2D eigenvalue weighted by atomic mass is 16.1. The molecule has 4 aromatic rings. The summed E-state index contributed by atoms with van der Waals surface area (Å²) in [5.41, 5.74) is 4.66. The van der Waals surface area contributed by atoms with Gasteiger partial charge in [0.15, 0.2) is 11.5 Å². The summed E-state index contributed by atoms with van der Waals surface area (Å²) in [6.45, 7) is 12.1. The quantitative estimate of drug-likeness (QED) is 0.481. The molecule has 2 N–H and O–H groups in total. The van der Waals surface area contributed by atoms with Crippen molar-refractivity contribution in [2.45, 2.75) is 59.0 Å². The minimum absolute atomic E-state index is 0.0968. The summed E-state index contributed by atoms with van der Waals surface area (Å²) in [7, 11) is 0. The largest absolute Gasteiger partial charge is 0.324 e. The highest BCUT2D eigenvalue weighted by molar-refractivity contribution is 5.77. The lowest BCUT2D eigenvalue weighted by Gasteiger charge is -2.19. The van der Waals surface area contributed by atoms with Crippen LogP contribution in [0.1, 0.15) is 57.5 Å². The summed E-state index contributed by atoms with van der Waals surface area (Å²) in [4.78, 5) is 31.4. The molecule has 176 valence electrons. The Hall–Kier alpha value is -3.59. The maximum Gasteiger partial charge on any atom is 0.278 e. The van der Waals surface area contributed by atoms with Gasteiger partial charge >= 0.3 is 0 Å². The number of hydrogen-bond donors (Lipinski definition) is 2. The predicted molar refractivity (Wildman–Crippen MR) is 133 cm³/mol. The Morgan fingerprint density at radius 1 is 1.09 bits per heavy atom. The average molecular weight is 459 g/mol. The van der Waals surface area contributed by atoms with E-state index in [2.05, 4.69) is 58.5 Å². The molecule has 0 saturated heterocycles. The molecule has 34 heavy (non-hydrogen) atoms. The lowest BCUT2D eigenvalue weighted by molar-refractivity contribution is 0.470. The van der Waals surface area contributed by atoms with Crippen molar-refractivity contribution in [3.63, 3.8) is 0 Å². The van der Waals surface area contributed by atoms with Gasteiger partial charge in [-0.3, -0.25) is 4.79 Å². The summed E-state index contributed by atoms with van der Waals surface area (Å²) >= 11 is 0. The van der Waals surface area contributed by atoms with Crippen LogP contribution < -0.4 is 16.2 Å². The second-order valence-corrected chi connectivity index (χ2v) is 10.0. The zero-order chi connectivity index (χ0) is 24.0. The minimum atomic E-state index is -0.159. The molecule has 0 amide bonds. The van der Waals surface area contributed by atoms with E-state index in [1.54, 1.807) is 21.9 Å². The number of nitrogens with one attached hydrogen (secondary N) is 2. The van der Waals surface area contributed by atoms with Gasteiger partial charge in [-0.1, -0.05) is 26.8 Å². The lowest BCUT2D eigenvalue weighted by Crippen LogP contribution is -2.25. The first-order valence-electron chi connectivity index (χ1n) is 11.6. The van der Waals surface area contributed by atoms with Crippen molar-refractivity contribution in [3.05, 3.63) is 64.0 Å². The summed E-state index contributed by atoms with van der Waals surface area (Å²) < 4.78 is 3.45. The third-order valence-electron chi connectivity index (χ3n) is 6.10. The van der Waals surface area contributed by atoms with Crippen LogP contribution in [-0.2, 0) is 18.4 Å². The molecule has 9 heteroatoms. The van der Waals surface area contributed by atoms with Crippen molar-refractivity contribution in [2.24, 2.45) is 0 Å². The fourth-order valence-corrected chi connectivity index (χ4v) is 4.30. The Kier molecular flexibility index (Phi) is 5.44. The predicted octanol–water partition coefficient (Wildman–Crippen LogP) is 3.64. The third kappa shape index (κ3) is 3.96. The molecule has 3 aromatic heterocycles. The van der Waals surface area contributed by atoms with Gasteiger partial charge in [0.2, 0.25) is 5.95 Å². The molecular formula is C25H30N8O. The number of fused-ring (bicyclic) bond motifs is 2. The highest BCUT2D eigenvalue weighted by Gasteiger charge is 2.22. The summed E-state index contributed by atoms with van der Waals surface area (Å²) in [5, 5.41) is 7.16. The van der Waals surface area contributed by atoms with Gasteiger partial charge in [-0.2, -0.15) is 4.98 Å². The minimum Gasteiger partial charge on any atom is -0.324 e. The van der Waals surface area contributed by atoms with Gasteiger partial charge in [-0.25, -0.2) is 24.3 Å². The van der Waals surface area contributed by atoms with Gasteiger partial charge in [0.1, 0.15) is 11.7 Å². The molecule has 4 heterocycles. The molecule has 0 saturated carbocycles. The van der Waals surface area contributed by atoms with Gasteiger partial charge in [-0.05, 0) is 50.1 Å². The first-order valence-corrected chi connectivity index (χ1v) is 11.6. The van der Waals surface area contributed by atoms with Crippen molar-refractivity contribution >= 4 is 22.7 Å². The molecule has 0 bridgehead atoms. The van der Waals surface area contributed by atoms with Crippen molar-refractivity contribution in [3.8, 4) is 5.82 Å². The van der Waals surface area contributed by atoms with Crippen LogP contribution in [0.15, 0.2) is 41.6 Å². The second-order valence-electron chi connectivity index (χ2n) is 10.0. The van der Waals surface area contributed by atoms with Crippen molar-refractivity contribution in [1.82, 2.24) is 34.6 Å². The number of nitrogens with zero attached hydrogens (tertiary/aromatic N) is 6. The van der Waals surface area contributed by atoms with Gasteiger partial charge < -0.3 is 10.6 Å². The maximum atomic E-state index is 13.3. The van der Waals surface area contributed by atoms with E-state index in [4.69, 9.17) is 4.98 Å². The molecule has 1 aliphatic heterocycles. The van der Waals surface area contributed by atoms with Gasteiger partial charge in [-0.15, -0.1) is 0 Å². The van der Waals surface area contributed by atoms with Gasteiger partial charge in [0.25, 0.3) is 5.56 Å². The van der Waals surface area contributed by atoms with E-state index in [-0.39, 0.29) is 17.0 Å². The molecular weight excluding hydrogens is 428 g/mol. The third-order valence-corrected chi connectivity index (χ3v) is 6.10. The average Bonchev–Trinajstić information content (AvgIpc) is 3.10. The van der Waals surface area contributed by atoms with Crippen LogP contribution in [-0.4, -0.2) is 35.8 Å². The number of benzene rings is 1. The Balaban J connectivity index is 1.63. The van der Waals surface area contributed by atoms with E-state index < -0.39 is 0 Å². The number of anilines is 2. The van der Waals surface area contributed by atoms with Crippen LogP contribution in [0.25, 0.3) is 16.9 Å². The van der Waals surface area contributed by atoms with Crippen LogP contribution in [0, 0.1) is 0 Å². The highest BCUT2D eigenvalue weighted by Crippen LogP contribution is 2.25. The van der Waals surface area contributed by atoms with Crippen molar-refractivity contribution < 1.29 is 0 Å². The molecule has 0 unspecified atom stereocenters. The number of rotatable bonds is 4. The molecule has 1 aromatic carbocycles. The molecule has 0 atom stereocenters. The van der Waals surface area contributed by atoms with Crippen molar-refractivity contribution in [1.29, 1.82) is 0 Å². The summed E-state index contributed by atoms with van der Waals surface area (Å²) in [6, 6.07) is 8.13. The maximum absolute atomic E-state index is 13.3. The standard InChI is InChI=1S/C25H30N8O/c1-15(2)32-23(34)19-13-27-24(30-18-7-6-17-12-26-9-8-16(17)10-18)31-22(19)33(32)21-11-20(25(3,4)5)28-14-29-21/h6-7,10-11,13-15,26H,8-9,12H2,1-5H3,(H,27,30,31). The first-order chi connectivity index (χ1) is 16.2. The van der Waals surface area contributed by atoms with E-state index in [0.29, 0.717) is 22.8 Å². The zero-order valence-corrected chi connectivity index (χ0v) is 20.3. The monoisotopic (exact) mass is 458 g/mol. The fourth-order valence-electron chi connectivity index (χ4n) is 4.30. The van der Waals surface area contributed by atoms with Crippen molar-refractivity contribution in [2.75, 3.05) is 11.9 Å². The topological polar surface area (TPSA) is 103 Å². The molecule has 0 radical (unpaired) electrons. The first kappa shape index (κ1) is 22.2. The van der Waals surface area contributed by atoms with Crippen LogP contribution in [0.3, 0.4) is 0 Å². The second kappa shape index (κ2) is 8.32. The molecule has 1 aliphatic rings. The van der Waals surface area contributed by atoms with Gasteiger partial charge in [0, 0.05) is 36.0 Å². The van der Waals surface area contributed by atoms with Gasteiger partial charge in [0.05, 0.1) is 5.69 Å². The number of aromatic nitrogens is 6. The summed E-state index contributed by atoms with van der Waals surface area (Å²) in [5.74, 6) is 1.03. The van der Waals surface area contributed by atoms with Crippen LogP contribution in [0.4, 0.5) is 11.6 Å². The zero-order valence-electron chi connectivity index (χ0n) is 20.3. The van der Waals surface area contributed by atoms with E-state index in [1.165, 1.54) is 11.1 Å². The van der Waals surface area contributed by atoms with E-state index in [0.717, 1.165) is 30.9 Å². The molecule has 5 rings (SSSR count). The Labute approximate surface area is 198 Å². The van der Waals surface area contributed by atoms with E-state index in [1.807, 2.05) is 26.0 Å². The van der Waals surface area contributed by atoms with Crippen LogP contribution >= 0.6 is 0 Å². The fraction of sp³-hybridized carbons (Fsp3) is 0.400. The SMILES string of the molecule is CC(C)n1c(=O)c2cnc(Nc3ccc4c(c3)CCNC4)nc2n1-c1cc(C(C)(C)C)ncn1.